The summed E-state index contributed by atoms with van der Waals surface area (Å²) in [6.45, 7) is 6.38. The second-order valence-electron chi connectivity index (χ2n) is 20.9. The normalized spacial score (nSPS) is 13.1. The minimum absolute atomic E-state index is 0.0926. The van der Waals surface area contributed by atoms with Crippen LogP contribution < -0.4 is 0 Å². The van der Waals surface area contributed by atoms with Crippen LogP contribution in [-0.2, 0) is 28.6 Å². The monoisotopic (exact) mass is 1090 g/mol. The third-order valence-corrected chi connectivity index (χ3v) is 13.3. The Morgan fingerprint density at radius 3 is 0.772 bits per heavy atom. The molecule has 0 aliphatic heterocycles. The van der Waals surface area contributed by atoms with Crippen molar-refractivity contribution in [1.29, 1.82) is 0 Å². The van der Waals surface area contributed by atoms with Crippen LogP contribution in [0.15, 0.2) is 146 Å². The topological polar surface area (TPSA) is 78.9 Å². The minimum atomic E-state index is -0.798. The van der Waals surface area contributed by atoms with E-state index in [0.29, 0.717) is 19.3 Å². The van der Waals surface area contributed by atoms with Crippen LogP contribution in [0, 0.1) is 0 Å². The lowest BCUT2D eigenvalue weighted by molar-refractivity contribution is -0.167. The number of allylic oxidation sites excluding steroid dienone is 24. The molecule has 0 aromatic carbocycles. The zero-order chi connectivity index (χ0) is 57.1. The maximum absolute atomic E-state index is 12.9. The summed E-state index contributed by atoms with van der Waals surface area (Å²) in [5.74, 6) is -0.926. The fourth-order valence-electron chi connectivity index (χ4n) is 8.57. The first-order valence-electron chi connectivity index (χ1n) is 32.3. The van der Waals surface area contributed by atoms with Crippen LogP contribution in [0.1, 0.15) is 278 Å². The third kappa shape index (κ3) is 64.0. The zero-order valence-electron chi connectivity index (χ0n) is 51.1. The molecule has 6 nitrogen and oxygen atoms in total. The summed E-state index contributed by atoms with van der Waals surface area (Å²) in [5, 5.41) is 0. The van der Waals surface area contributed by atoms with Crippen molar-refractivity contribution in [2.45, 2.75) is 284 Å². The smallest absolute Gasteiger partial charge is 0.306 e. The lowest BCUT2D eigenvalue weighted by atomic mass is 10.1. The molecule has 0 N–H and O–H groups in total. The highest BCUT2D eigenvalue weighted by molar-refractivity contribution is 5.71. The Kier molecular flexibility index (Phi) is 61.9. The Bertz CT molecular complexity index is 1730. The maximum Gasteiger partial charge on any atom is 0.306 e. The Morgan fingerprint density at radius 2 is 0.494 bits per heavy atom. The van der Waals surface area contributed by atoms with Crippen molar-refractivity contribution in [3.63, 3.8) is 0 Å². The van der Waals surface area contributed by atoms with Crippen molar-refractivity contribution in [2.24, 2.45) is 0 Å². The lowest BCUT2D eigenvalue weighted by Gasteiger charge is -2.18. The molecule has 0 saturated carbocycles. The lowest BCUT2D eigenvalue weighted by Crippen LogP contribution is -2.30. The standard InChI is InChI=1S/C73H118O6/c1-4-7-10-13-16-19-22-24-26-28-29-30-31-32-33-34-35-36-37-38-39-40-41-42-43-45-46-48-51-54-57-60-63-66-72(75)78-69-70(68-77-71(74)65-62-59-56-53-50-21-18-15-12-9-6-3)79-73(76)67-64-61-58-55-52-49-47-44-27-25-23-20-17-14-11-8-5-2/h7-8,10-11,16-17,19-20,24-27,29-30,32-33,35-36,38-39,41-42,47,49,70H,4-6,9,12-15,18,21-23,28,31,34,37,40,43-46,48,50-69H2,1-3H3/b10-7-,11-8-,19-16-,20-17-,26-24-,27-25-,30-29-,33-32-,36-35-,39-38-,42-41-,49-47-. The van der Waals surface area contributed by atoms with Gasteiger partial charge in [-0.3, -0.25) is 14.4 Å². The van der Waals surface area contributed by atoms with Crippen LogP contribution in [0.25, 0.3) is 0 Å². The molecule has 0 bridgehead atoms. The maximum atomic E-state index is 12.9. The van der Waals surface area contributed by atoms with E-state index in [4.69, 9.17) is 14.2 Å². The van der Waals surface area contributed by atoms with Crippen molar-refractivity contribution in [1.82, 2.24) is 0 Å². The molecule has 446 valence electrons. The van der Waals surface area contributed by atoms with Gasteiger partial charge in [0.25, 0.3) is 0 Å². The van der Waals surface area contributed by atoms with Crippen molar-refractivity contribution < 1.29 is 28.6 Å². The average molecular weight is 1090 g/mol. The number of rotatable bonds is 57. The van der Waals surface area contributed by atoms with Crippen LogP contribution >= 0.6 is 0 Å². The predicted octanol–water partition coefficient (Wildman–Crippen LogP) is 22.3. The molecule has 0 fully saturated rings. The molecule has 0 spiro atoms. The van der Waals surface area contributed by atoms with Crippen molar-refractivity contribution in [3.8, 4) is 0 Å². The first-order valence-corrected chi connectivity index (χ1v) is 32.3. The number of carbonyl (C=O) groups excluding carboxylic acids is 3. The summed E-state index contributed by atoms with van der Waals surface area (Å²) in [5.41, 5.74) is 0. The van der Waals surface area contributed by atoms with Crippen LogP contribution in [-0.4, -0.2) is 37.2 Å². The molecule has 0 aliphatic rings. The molecule has 0 aromatic heterocycles. The SMILES string of the molecule is CC/C=C\C/C=C\C/C=C\C/C=C\C/C=C\C/C=C\C/C=C\C/C=C\CCCCCCCCCCC(=O)OCC(COC(=O)CCCCCCCCCCCCC)OC(=O)CCCCCC/C=C\C/C=C\C/C=C\C/C=C\CC. The van der Waals surface area contributed by atoms with Gasteiger partial charge in [-0.2, -0.15) is 0 Å². The summed E-state index contributed by atoms with van der Waals surface area (Å²) < 4.78 is 16.9. The molecule has 0 amide bonds. The van der Waals surface area contributed by atoms with E-state index in [2.05, 4.69) is 167 Å². The van der Waals surface area contributed by atoms with Crippen LogP contribution in [0.5, 0.6) is 0 Å². The quantitative estimate of drug-likeness (QED) is 0.0261. The van der Waals surface area contributed by atoms with Crippen molar-refractivity contribution >= 4 is 17.9 Å². The summed E-state index contributed by atoms with van der Waals surface area (Å²) in [7, 11) is 0. The number of hydrogen-bond donors (Lipinski definition) is 0. The number of ether oxygens (including phenoxy) is 3. The van der Waals surface area contributed by atoms with Gasteiger partial charge < -0.3 is 14.2 Å². The molecule has 0 aromatic rings. The zero-order valence-corrected chi connectivity index (χ0v) is 51.1. The Morgan fingerprint density at radius 1 is 0.266 bits per heavy atom. The highest BCUT2D eigenvalue weighted by Crippen LogP contribution is 2.15. The van der Waals surface area contributed by atoms with Gasteiger partial charge in [0.1, 0.15) is 13.2 Å². The Hall–Kier alpha value is -4.71. The molecule has 0 rings (SSSR count). The highest BCUT2D eigenvalue weighted by Gasteiger charge is 2.19. The van der Waals surface area contributed by atoms with Gasteiger partial charge in [0.15, 0.2) is 6.10 Å². The highest BCUT2D eigenvalue weighted by atomic mass is 16.6. The molecule has 79 heavy (non-hydrogen) atoms. The summed E-state index contributed by atoms with van der Waals surface area (Å²) in [6, 6.07) is 0. The molecular formula is C73H118O6. The van der Waals surface area contributed by atoms with Crippen LogP contribution in [0.2, 0.25) is 0 Å². The van der Waals surface area contributed by atoms with Gasteiger partial charge in [-0.15, -0.1) is 0 Å². The Labute approximate surface area is 487 Å². The van der Waals surface area contributed by atoms with Crippen LogP contribution in [0.3, 0.4) is 0 Å². The van der Waals surface area contributed by atoms with E-state index in [9.17, 15) is 14.4 Å². The number of hydrogen-bond acceptors (Lipinski definition) is 6. The van der Waals surface area contributed by atoms with Gasteiger partial charge in [-0.05, 0) is 122 Å². The third-order valence-electron chi connectivity index (χ3n) is 13.3. The summed E-state index contributed by atoms with van der Waals surface area (Å²) in [6.07, 6.45) is 94.3. The fourth-order valence-corrected chi connectivity index (χ4v) is 8.57. The Balaban J connectivity index is 4.29. The minimum Gasteiger partial charge on any atom is -0.462 e. The number of carbonyl (C=O) groups is 3. The van der Waals surface area contributed by atoms with Gasteiger partial charge in [0, 0.05) is 19.3 Å². The molecule has 1 atom stereocenters. The first-order chi connectivity index (χ1) is 39.0. The van der Waals surface area contributed by atoms with E-state index in [1.807, 2.05) is 0 Å². The number of unbranched alkanes of at least 4 members (excludes halogenated alkanes) is 22. The van der Waals surface area contributed by atoms with Gasteiger partial charge >= 0.3 is 17.9 Å². The second kappa shape index (κ2) is 65.8. The molecule has 6 heteroatoms. The molecular weight excluding hydrogens is 973 g/mol. The van der Waals surface area contributed by atoms with E-state index in [1.165, 1.54) is 83.5 Å². The number of esters is 3. The summed E-state index contributed by atoms with van der Waals surface area (Å²) >= 11 is 0. The summed E-state index contributed by atoms with van der Waals surface area (Å²) in [4.78, 5) is 38.2. The average Bonchev–Trinajstić information content (AvgIpc) is 3.45. The molecule has 0 heterocycles. The first kappa shape index (κ1) is 74.3. The van der Waals surface area contributed by atoms with Crippen LogP contribution in [0.4, 0.5) is 0 Å². The largest absolute Gasteiger partial charge is 0.462 e. The van der Waals surface area contributed by atoms with E-state index in [-0.39, 0.29) is 31.1 Å². The van der Waals surface area contributed by atoms with E-state index >= 15 is 0 Å². The molecule has 0 saturated heterocycles. The predicted molar refractivity (Wildman–Crippen MR) is 343 cm³/mol. The van der Waals surface area contributed by atoms with E-state index < -0.39 is 6.10 Å². The second-order valence-corrected chi connectivity index (χ2v) is 20.9. The van der Waals surface area contributed by atoms with Crippen molar-refractivity contribution in [2.75, 3.05) is 13.2 Å². The van der Waals surface area contributed by atoms with E-state index in [1.54, 1.807) is 0 Å². The molecule has 1 unspecified atom stereocenters. The van der Waals surface area contributed by atoms with Gasteiger partial charge in [0.05, 0.1) is 0 Å². The van der Waals surface area contributed by atoms with Gasteiger partial charge in [-0.25, -0.2) is 0 Å². The molecule has 0 aliphatic carbocycles. The van der Waals surface area contributed by atoms with E-state index in [0.717, 1.165) is 154 Å². The van der Waals surface area contributed by atoms with Gasteiger partial charge in [-0.1, -0.05) is 282 Å². The van der Waals surface area contributed by atoms with Crippen molar-refractivity contribution in [3.05, 3.63) is 146 Å². The van der Waals surface area contributed by atoms with Gasteiger partial charge in [0.2, 0.25) is 0 Å². The fraction of sp³-hybridized carbons (Fsp3) is 0.630. The molecule has 0 radical (unpaired) electrons.